The third-order valence-electron chi connectivity index (χ3n) is 6.53. The van der Waals surface area contributed by atoms with Crippen molar-refractivity contribution in [2.75, 3.05) is 13.2 Å². The topological polar surface area (TPSA) is 77.4 Å². The van der Waals surface area contributed by atoms with Crippen LogP contribution in [0, 0.1) is 0 Å². The molecule has 4 atom stereocenters. The second-order valence-corrected chi connectivity index (χ2v) is 9.61. The fourth-order valence-electron chi connectivity index (χ4n) is 4.37. The minimum atomic E-state index is -1.04. The highest BCUT2D eigenvalue weighted by atomic mass is 16.6. The lowest BCUT2D eigenvalue weighted by atomic mass is 10.0. The average molecular weight is 543 g/mol. The van der Waals surface area contributed by atoms with Crippen LogP contribution in [0.2, 0.25) is 0 Å². The van der Waals surface area contributed by atoms with Crippen molar-refractivity contribution in [2.45, 2.75) is 50.8 Å². The molecule has 0 heterocycles. The van der Waals surface area contributed by atoms with Crippen LogP contribution in [0.15, 0.2) is 121 Å². The summed E-state index contributed by atoms with van der Waals surface area (Å²) in [6.07, 6.45) is -3.42. The van der Waals surface area contributed by atoms with Crippen molar-refractivity contribution in [3.63, 3.8) is 0 Å². The predicted octanol–water partition coefficient (Wildman–Crippen LogP) is 5.31. The van der Waals surface area contributed by atoms with Crippen LogP contribution in [0.5, 0.6) is 0 Å². The average Bonchev–Trinajstić information content (AvgIpc) is 3.01. The van der Waals surface area contributed by atoms with Gasteiger partial charge in [0.15, 0.2) is 0 Å². The molecule has 2 N–H and O–H groups in total. The molecule has 6 heteroatoms. The summed E-state index contributed by atoms with van der Waals surface area (Å²) in [5.74, 6) is 0. The summed E-state index contributed by atoms with van der Waals surface area (Å²) in [6, 6.07) is 39.1. The first-order chi connectivity index (χ1) is 19.7. The van der Waals surface area contributed by atoms with Crippen molar-refractivity contribution < 1.29 is 29.2 Å². The molecule has 0 aliphatic carbocycles. The second-order valence-electron chi connectivity index (χ2n) is 9.61. The molecule has 4 aromatic carbocycles. The summed E-state index contributed by atoms with van der Waals surface area (Å²) in [5, 5.41) is 21.8. The van der Waals surface area contributed by atoms with Crippen LogP contribution in [0.25, 0.3) is 0 Å². The zero-order valence-electron chi connectivity index (χ0n) is 22.6. The van der Waals surface area contributed by atoms with E-state index in [1.165, 1.54) is 0 Å². The van der Waals surface area contributed by atoms with Gasteiger partial charge < -0.3 is 29.2 Å². The van der Waals surface area contributed by atoms with Crippen LogP contribution >= 0.6 is 0 Å². The normalized spacial score (nSPS) is 14.3. The molecule has 4 rings (SSSR count). The molecule has 210 valence electrons. The Labute approximate surface area is 236 Å². The first-order valence-electron chi connectivity index (χ1n) is 13.6. The lowest BCUT2D eigenvalue weighted by molar-refractivity contribution is -0.193. The summed E-state index contributed by atoms with van der Waals surface area (Å²) in [6.45, 7) is 0.865. The monoisotopic (exact) mass is 542 g/mol. The Bertz CT molecular complexity index is 1190. The molecular weight excluding hydrogens is 504 g/mol. The Kier molecular flexibility index (Phi) is 12.3. The van der Waals surface area contributed by atoms with E-state index in [0.29, 0.717) is 6.61 Å². The van der Waals surface area contributed by atoms with E-state index in [0.717, 1.165) is 22.3 Å². The van der Waals surface area contributed by atoms with E-state index < -0.39 is 24.4 Å². The second kappa shape index (κ2) is 16.7. The third-order valence-corrected chi connectivity index (χ3v) is 6.53. The Morgan fingerprint density at radius 3 is 1.27 bits per heavy atom. The maximum absolute atomic E-state index is 11.4. The van der Waals surface area contributed by atoms with Gasteiger partial charge in [-0.25, -0.2) is 0 Å². The standard InChI is InChI=1S/C34H38O6/c35-21-32(38-23-28-15-7-2-8-16-28)34(40-25-30-19-11-4-12-20-30)33(39-24-29-17-9-3-10-18-29)31(36)26-37-22-27-13-5-1-6-14-27/h1-20,31-36H,21-26H2/t31-,32-,33-,34-/m1/s1. The predicted molar refractivity (Wildman–Crippen MR) is 154 cm³/mol. The summed E-state index contributed by atoms with van der Waals surface area (Å²) in [4.78, 5) is 0. The fraction of sp³-hybridized carbons (Fsp3) is 0.294. The quantitative estimate of drug-likeness (QED) is 0.188. The van der Waals surface area contributed by atoms with Crippen LogP contribution in [-0.4, -0.2) is 47.8 Å². The number of aliphatic hydroxyl groups excluding tert-OH is 2. The maximum atomic E-state index is 11.4. The summed E-state index contributed by atoms with van der Waals surface area (Å²) in [5.41, 5.74) is 3.89. The van der Waals surface area contributed by atoms with Gasteiger partial charge in [0.1, 0.15) is 24.4 Å². The van der Waals surface area contributed by atoms with Crippen LogP contribution in [0.4, 0.5) is 0 Å². The third kappa shape index (κ3) is 9.68. The molecule has 0 spiro atoms. The molecule has 6 nitrogen and oxygen atoms in total. The zero-order valence-corrected chi connectivity index (χ0v) is 22.6. The van der Waals surface area contributed by atoms with E-state index >= 15 is 0 Å². The van der Waals surface area contributed by atoms with Crippen LogP contribution in [0.3, 0.4) is 0 Å². The van der Waals surface area contributed by atoms with E-state index in [4.69, 9.17) is 18.9 Å². The number of hydrogen-bond donors (Lipinski definition) is 2. The zero-order chi connectivity index (χ0) is 27.8. The van der Waals surface area contributed by atoms with Gasteiger partial charge in [-0.2, -0.15) is 0 Å². The fourth-order valence-corrected chi connectivity index (χ4v) is 4.37. The maximum Gasteiger partial charge on any atom is 0.115 e. The van der Waals surface area contributed by atoms with Crippen molar-refractivity contribution in [1.82, 2.24) is 0 Å². The Balaban J connectivity index is 1.53. The lowest BCUT2D eigenvalue weighted by Crippen LogP contribution is -2.51. The molecule has 0 aromatic heterocycles. The van der Waals surface area contributed by atoms with Crippen molar-refractivity contribution >= 4 is 0 Å². The molecule has 0 unspecified atom stereocenters. The largest absolute Gasteiger partial charge is 0.394 e. The number of ether oxygens (including phenoxy) is 4. The molecule has 0 bridgehead atoms. The van der Waals surface area contributed by atoms with Crippen molar-refractivity contribution in [2.24, 2.45) is 0 Å². The molecule has 4 aromatic rings. The first-order valence-corrected chi connectivity index (χ1v) is 13.6. The van der Waals surface area contributed by atoms with Gasteiger partial charge in [-0.1, -0.05) is 121 Å². The number of aliphatic hydroxyl groups is 2. The van der Waals surface area contributed by atoms with E-state index in [1.807, 2.05) is 121 Å². The van der Waals surface area contributed by atoms with Gasteiger partial charge in [-0.3, -0.25) is 0 Å². The first kappa shape index (κ1) is 29.6. The molecule has 40 heavy (non-hydrogen) atoms. The highest BCUT2D eigenvalue weighted by Gasteiger charge is 2.37. The van der Waals surface area contributed by atoms with Crippen LogP contribution in [0.1, 0.15) is 22.3 Å². The smallest absolute Gasteiger partial charge is 0.115 e. The molecule has 0 fully saturated rings. The van der Waals surface area contributed by atoms with Crippen LogP contribution in [-0.2, 0) is 45.4 Å². The Morgan fingerprint density at radius 1 is 0.475 bits per heavy atom. The molecular formula is C34H38O6. The van der Waals surface area contributed by atoms with Crippen molar-refractivity contribution in [1.29, 1.82) is 0 Å². The number of hydrogen-bond acceptors (Lipinski definition) is 6. The van der Waals surface area contributed by atoms with Crippen LogP contribution < -0.4 is 0 Å². The Hall–Kier alpha value is -3.36. The SMILES string of the molecule is OC[C@@H](OCc1ccccc1)[C@@H](OCc1ccccc1)[C@H](OCc1ccccc1)[C@H](O)COCc1ccccc1. The van der Waals surface area contributed by atoms with E-state index in [1.54, 1.807) is 0 Å². The molecule has 0 aliphatic rings. The van der Waals surface area contributed by atoms with E-state index in [9.17, 15) is 10.2 Å². The van der Waals surface area contributed by atoms with E-state index in [2.05, 4.69) is 0 Å². The molecule has 0 saturated heterocycles. The molecule has 0 saturated carbocycles. The van der Waals surface area contributed by atoms with Gasteiger partial charge >= 0.3 is 0 Å². The highest BCUT2D eigenvalue weighted by molar-refractivity contribution is 5.16. The summed E-state index contributed by atoms with van der Waals surface area (Å²) in [7, 11) is 0. The van der Waals surface area contributed by atoms with Crippen molar-refractivity contribution in [3.05, 3.63) is 144 Å². The summed E-state index contributed by atoms with van der Waals surface area (Å²) >= 11 is 0. The Morgan fingerprint density at radius 2 is 0.850 bits per heavy atom. The lowest BCUT2D eigenvalue weighted by Gasteiger charge is -2.35. The van der Waals surface area contributed by atoms with Crippen molar-refractivity contribution in [3.8, 4) is 0 Å². The van der Waals surface area contributed by atoms with Gasteiger partial charge in [0.05, 0.1) is 39.6 Å². The number of rotatable bonds is 17. The number of benzene rings is 4. The van der Waals surface area contributed by atoms with Gasteiger partial charge in [-0.05, 0) is 22.3 Å². The van der Waals surface area contributed by atoms with E-state index in [-0.39, 0.29) is 33.0 Å². The molecule has 0 amide bonds. The summed E-state index contributed by atoms with van der Waals surface area (Å²) < 4.78 is 24.8. The van der Waals surface area contributed by atoms with Gasteiger partial charge in [0, 0.05) is 0 Å². The van der Waals surface area contributed by atoms with Gasteiger partial charge in [0.2, 0.25) is 0 Å². The molecule has 0 aliphatic heterocycles. The minimum absolute atomic E-state index is 0.0242. The highest BCUT2D eigenvalue weighted by Crippen LogP contribution is 2.21. The van der Waals surface area contributed by atoms with Gasteiger partial charge in [0.25, 0.3) is 0 Å². The van der Waals surface area contributed by atoms with Gasteiger partial charge in [-0.15, -0.1) is 0 Å². The minimum Gasteiger partial charge on any atom is -0.394 e. The molecule has 0 radical (unpaired) electrons.